The van der Waals surface area contributed by atoms with E-state index in [0.717, 1.165) is 16.6 Å². The third-order valence-electron chi connectivity index (χ3n) is 4.20. The van der Waals surface area contributed by atoms with E-state index in [9.17, 15) is 9.59 Å². The van der Waals surface area contributed by atoms with E-state index >= 15 is 0 Å². The lowest BCUT2D eigenvalue weighted by molar-refractivity contribution is 0.102. The van der Waals surface area contributed by atoms with Gasteiger partial charge >= 0.3 is 0 Å². The fourth-order valence-corrected chi connectivity index (χ4v) is 2.93. The lowest BCUT2D eigenvalue weighted by atomic mass is 10.1. The Morgan fingerprint density at radius 2 is 2.00 bits per heavy atom. The van der Waals surface area contributed by atoms with Gasteiger partial charge in [0.1, 0.15) is 0 Å². The predicted octanol–water partition coefficient (Wildman–Crippen LogP) is 2.51. The smallest absolute Gasteiger partial charge is 0.277 e. The number of carbonyl (C=O) groups excluding carboxylic acids is 1. The molecule has 0 fully saturated rings. The Labute approximate surface area is 159 Å². The van der Waals surface area contributed by atoms with Gasteiger partial charge in [0.15, 0.2) is 5.69 Å². The highest BCUT2D eigenvalue weighted by atomic mass is 16.5. The Bertz CT molecular complexity index is 1200. The third kappa shape index (κ3) is 3.53. The van der Waals surface area contributed by atoms with Crippen molar-refractivity contribution in [3.8, 4) is 5.69 Å². The standard InChI is InChI=1S/C20H17N5O3/c1-28-12-13-9-19(26)23-17-10-14(7-8-16(13)17)22-20(27)18-11-21-25(24-18)15-5-3-2-4-6-15/h2-11H,12H2,1H3,(H,22,27)(H,23,26). The molecule has 0 aliphatic heterocycles. The number of fused-ring (bicyclic) bond motifs is 1. The quantitative estimate of drug-likeness (QED) is 0.558. The lowest BCUT2D eigenvalue weighted by Gasteiger charge is -2.08. The van der Waals surface area contributed by atoms with Crippen LogP contribution in [-0.4, -0.2) is 33.0 Å². The van der Waals surface area contributed by atoms with E-state index in [1.807, 2.05) is 36.4 Å². The van der Waals surface area contributed by atoms with Gasteiger partial charge in [0.05, 0.1) is 24.0 Å². The number of carbonyl (C=O) groups is 1. The Balaban J connectivity index is 1.59. The van der Waals surface area contributed by atoms with Crippen LogP contribution in [0.3, 0.4) is 0 Å². The Morgan fingerprint density at radius 3 is 2.79 bits per heavy atom. The number of hydrogen-bond acceptors (Lipinski definition) is 5. The van der Waals surface area contributed by atoms with Crippen LogP contribution < -0.4 is 10.9 Å². The zero-order valence-electron chi connectivity index (χ0n) is 15.0. The van der Waals surface area contributed by atoms with Crippen molar-refractivity contribution in [1.29, 1.82) is 0 Å². The number of aromatic nitrogens is 4. The largest absolute Gasteiger partial charge is 0.380 e. The normalized spacial score (nSPS) is 10.9. The van der Waals surface area contributed by atoms with Crippen LogP contribution >= 0.6 is 0 Å². The molecule has 4 aromatic rings. The fourth-order valence-electron chi connectivity index (χ4n) is 2.93. The maximum Gasteiger partial charge on any atom is 0.277 e. The molecule has 2 aromatic carbocycles. The van der Waals surface area contributed by atoms with Gasteiger partial charge in [0.25, 0.3) is 5.91 Å². The Hall–Kier alpha value is -3.78. The van der Waals surface area contributed by atoms with Crippen LogP contribution in [0.15, 0.2) is 65.6 Å². The van der Waals surface area contributed by atoms with Crippen molar-refractivity contribution in [1.82, 2.24) is 20.0 Å². The molecule has 28 heavy (non-hydrogen) atoms. The zero-order chi connectivity index (χ0) is 19.5. The lowest BCUT2D eigenvalue weighted by Crippen LogP contribution is -2.13. The summed E-state index contributed by atoms with van der Waals surface area (Å²) in [4.78, 5) is 28.5. The minimum Gasteiger partial charge on any atom is -0.380 e. The summed E-state index contributed by atoms with van der Waals surface area (Å²) < 4.78 is 5.14. The second-order valence-electron chi connectivity index (χ2n) is 6.16. The first-order valence-electron chi connectivity index (χ1n) is 8.58. The van der Waals surface area contributed by atoms with Crippen LogP contribution in [0.25, 0.3) is 16.6 Å². The van der Waals surface area contributed by atoms with Crippen molar-refractivity contribution in [2.24, 2.45) is 0 Å². The highest BCUT2D eigenvalue weighted by Crippen LogP contribution is 2.20. The number of benzene rings is 2. The number of amides is 1. The average molecular weight is 375 g/mol. The molecule has 0 atom stereocenters. The monoisotopic (exact) mass is 375 g/mol. The maximum absolute atomic E-state index is 12.5. The van der Waals surface area contributed by atoms with Gasteiger partial charge in [-0.3, -0.25) is 9.59 Å². The van der Waals surface area contributed by atoms with E-state index < -0.39 is 5.91 Å². The van der Waals surface area contributed by atoms with Crippen molar-refractivity contribution in [2.75, 3.05) is 12.4 Å². The molecule has 0 unspecified atom stereocenters. The van der Waals surface area contributed by atoms with E-state index in [4.69, 9.17) is 4.74 Å². The summed E-state index contributed by atoms with van der Waals surface area (Å²) in [6.07, 6.45) is 1.40. The van der Waals surface area contributed by atoms with Crippen LogP contribution in [0.2, 0.25) is 0 Å². The molecular weight excluding hydrogens is 358 g/mol. The molecule has 0 bridgehead atoms. The van der Waals surface area contributed by atoms with Gasteiger partial charge in [0.2, 0.25) is 5.56 Å². The molecule has 2 N–H and O–H groups in total. The molecule has 140 valence electrons. The second-order valence-corrected chi connectivity index (χ2v) is 6.16. The average Bonchev–Trinajstić information content (AvgIpc) is 3.19. The number of pyridine rings is 1. The van der Waals surface area contributed by atoms with Crippen molar-refractivity contribution in [2.45, 2.75) is 6.61 Å². The highest BCUT2D eigenvalue weighted by Gasteiger charge is 2.13. The van der Waals surface area contributed by atoms with E-state index in [1.54, 1.807) is 19.2 Å². The van der Waals surface area contributed by atoms with Gasteiger partial charge in [0, 0.05) is 24.2 Å². The SMILES string of the molecule is COCc1cc(=O)[nH]c2cc(NC(=O)c3cnn(-c4ccccc4)n3)ccc12. The first-order valence-corrected chi connectivity index (χ1v) is 8.58. The third-order valence-corrected chi connectivity index (χ3v) is 4.20. The number of H-pyrrole nitrogens is 1. The number of ether oxygens (including phenoxy) is 1. The summed E-state index contributed by atoms with van der Waals surface area (Å²) in [5, 5.41) is 12.0. The zero-order valence-corrected chi connectivity index (χ0v) is 15.0. The first kappa shape index (κ1) is 17.6. The molecule has 0 radical (unpaired) electrons. The van der Waals surface area contributed by atoms with Crippen LogP contribution in [0.1, 0.15) is 16.1 Å². The summed E-state index contributed by atoms with van der Waals surface area (Å²) >= 11 is 0. The topological polar surface area (TPSA) is 102 Å². The molecule has 2 aromatic heterocycles. The van der Waals surface area contributed by atoms with Gasteiger partial charge in [-0.05, 0) is 29.8 Å². The first-order chi connectivity index (χ1) is 13.6. The molecule has 0 saturated heterocycles. The van der Waals surface area contributed by atoms with Gasteiger partial charge in [-0.1, -0.05) is 24.3 Å². The number of hydrogen-bond donors (Lipinski definition) is 2. The van der Waals surface area contributed by atoms with Gasteiger partial charge in [-0.2, -0.15) is 9.90 Å². The molecule has 0 spiro atoms. The van der Waals surface area contributed by atoms with Crippen LogP contribution in [0.5, 0.6) is 0 Å². The molecule has 4 rings (SSSR count). The van der Waals surface area contributed by atoms with Crippen LogP contribution in [0.4, 0.5) is 5.69 Å². The summed E-state index contributed by atoms with van der Waals surface area (Å²) in [7, 11) is 1.57. The van der Waals surface area contributed by atoms with E-state index in [0.29, 0.717) is 17.8 Å². The van der Waals surface area contributed by atoms with Gasteiger partial charge in [-0.25, -0.2) is 0 Å². The van der Waals surface area contributed by atoms with E-state index in [1.165, 1.54) is 17.1 Å². The van der Waals surface area contributed by atoms with Crippen molar-refractivity contribution < 1.29 is 9.53 Å². The molecule has 2 heterocycles. The molecule has 0 saturated carbocycles. The number of nitrogens with zero attached hydrogens (tertiary/aromatic N) is 3. The Morgan fingerprint density at radius 1 is 1.18 bits per heavy atom. The molecule has 8 nitrogen and oxygen atoms in total. The number of anilines is 1. The number of methoxy groups -OCH3 is 1. The van der Waals surface area contributed by atoms with Crippen molar-refractivity contribution in [3.05, 3.63) is 82.4 Å². The summed E-state index contributed by atoms with van der Waals surface area (Å²) in [5.41, 5.74) is 2.65. The summed E-state index contributed by atoms with van der Waals surface area (Å²) in [6.45, 7) is 0.328. The Kier molecular flexibility index (Phi) is 4.69. The molecule has 0 aliphatic carbocycles. The molecule has 0 aliphatic rings. The van der Waals surface area contributed by atoms with Crippen molar-refractivity contribution in [3.63, 3.8) is 0 Å². The number of para-hydroxylation sites is 1. The van der Waals surface area contributed by atoms with E-state index in [-0.39, 0.29) is 11.3 Å². The van der Waals surface area contributed by atoms with Crippen LogP contribution in [-0.2, 0) is 11.3 Å². The van der Waals surface area contributed by atoms with E-state index in [2.05, 4.69) is 20.5 Å². The van der Waals surface area contributed by atoms with Gasteiger partial charge in [-0.15, -0.1) is 5.10 Å². The molecular formula is C20H17N5O3. The molecule has 8 heteroatoms. The number of nitrogens with one attached hydrogen (secondary N) is 2. The molecule has 1 amide bonds. The predicted molar refractivity (Wildman–Crippen MR) is 105 cm³/mol. The van der Waals surface area contributed by atoms with Crippen molar-refractivity contribution >= 4 is 22.5 Å². The highest BCUT2D eigenvalue weighted by molar-refractivity contribution is 6.03. The van der Waals surface area contributed by atoms with Gasteiger partial charge < -0.3 is 15.0 Å². The number of aromatic amines is 1. The second kappa shape index (κ2) is 7.45. The van der Waals surface area contributed by atoms with Crippen LogP contribution in [0, 0.1) is 0 Å². The fraction of sp³-hybridized carbons (Fsp3) is 0.100. The number of rotatable bonds is 5. The summed E-state index contributed by atoms with van der Waals surface area (Å²) in [5.74, 6) is -0.392. The maximum atomic E-state index is 12.5. The summed E-state index contributed by atoms with van der Waals surface area (Å²) in [6, 6.07) is 16.1. The minimum atomic E-state index is -0.392. The minimum absolute atomic E-state index is 0.186.